The molecule has 1 saturated carbocycles. The first-order valence-corrected chi connectivity index (χ1v) is 16.9. The molecule has 35 heavy (non-hydrogen) atoms. The highest BCUT2D eigenvalue weighted by atomic mass is 28.3. The molecule has 1 atom stereocenters. The maximum Gasteiger partial charge on any atom is 0.231 e. The second-order valence-corrected chi connectivity index (χ2v) is 16.8. The number of ether oxygens (including phenoxy) is 1. The van der Waals surface area contributed by atoms with E-state index in [1.807, 2.05) is 17.1 Å². The second kappa shape index (κ2) is 10.3. The fourth-order valence-electron chi connectivity index (χ4n) is 4.62. The monoisotopic (exact) mass is 496 g/mol. The van der Waals surface area contributed by atoms with Gasteiger partial charge < -0.3 is 25.3 Å². The Kier molecular flexibility index (Phi) is 7.13. The molecule has 1 aliphatic carbocycles. The predicted octanol–water partition coefficient (Wildman–Crippen LogP) is 4.74. The number of nitrogens with zero attached hydrogens (tertiary/aromatic N) is 5. The summed E-state index contributed by atoms with van der Waals surface area (Å²) in [5, 5.41) is 16.2. The lowest BCUT2D eigenvalue weighted by Gasteiger charge is -2.25. The maximum atomic E-state index is 6.16. The minimum Gasteiger partial charge on any atom is -0.365 e. The Morgan fingerprint density at radius 3 is 2.71 bits per heavy atom. The van der Waals surface area contributed by atoms with E-state index >= 15 is 0 Å². The van der Waals surface area contributed by atoms with Crippen LogP contribution >= 0.6 is 0 Å². The van der Waals surface area contributed by atoms with E-state index in [4.69, 9.17) is 14.7 Å². The largest absolute Gasteiger partial charge is 0.365 e. The van der Waals surface area contributed by atoms with Crippen molar-refractivity contribution >= 4 is 36.6 Å². The van der Waals surface area contributed by atoms with E-state index in [1.54, 1.807) is 0 Å². The van der Waals surface area contributed by atoms with E-state index in [1.165, 1.54) is 24.8 Å². The molecule has 0 amide bonds. The van der Waals surface area contributed by atoms with Crippen LogP contribution in [0.25, 0.3) is 11.0 Å². The Labute approximate surface area is 209 Å². The van der Waals surface area contributed by atoms with Gasteiger partial charge in [0.1, 0.15) is 18.2 Å². The van der Waals surface area contributed by atoms with Gasteiger partial charge in [0.2, 0.25) is 5.95 Å². The zero-order valence-electron chi connectivity index (χ0n) is 21.6. The van der Waals surface area contributed by atoms with Crippen molar-refractivity contribution in [3.05, 3.63) is 24.2 Å². The fraction of sp³-hybridized carbons (Fsp3) is 0.640. The van der Waals surface area contributed by atoms with Crippen LogP contribution in [0.1, 0.15) is 44.1 Å². The van der Waals surface area contributed by atoms with Gasteiger partial charge in [0, 0.05) is 46.2 Å². The number of piperidine rings is 1. The van der Waals surface area contributed by atoms with Gasteiger partial charge in [0.05, 0.1) is 17.3 Å². The van der Waals surface area contributed by atoms with Crippen molar-refractivity contribution in [1.82, 2.24) is 29.6 Å². The Morgan fingerprint density at radius 1 is 1.17 bits per heavy atom. The molecule has 0 bridgehead atoms. The minimum atomic E-state index is -1.13. The summed E-state index contributed by atoms with van der Waals surface area (Å²) >= 11 is 0. The summed E-state index contributed by atoms with van der Waals surface area (Å²) in [6.45, 7) is 13.4. The third-order valence-corrected chi connectivity index (χ3v) is 8.54. The van der Waals surface area contributed by atoms with Crippen LogP contribution in [0.15, 0.2) is 18.6 Å². The van der Waals surface area contributed by atoms with Gasteiger partial charge in [-0.05, 0) is 56.7 Å². The molecule has 9 nitrogen and oxygen atoms in total. The maximum absolute atomic E-state index is 6.16. The lowest BCUT2D eigenvalue weighted by molar-refractivity contribution is 0.0898. The Morgan fingerprint density at radius 2 is 2.03 bits per heavy atom. The molecule has 3 aromatic heterocycles. The lowest BCUT2D eigenvalue weighted by atomic mass is 10.1. The summed E-state index contributed by atoms with van der Waals surface area (Å²) in [7, 11) is -1.13. The second-order valence-electron chi connectivity index (χ2n) is 11.2. The number of aryl methyl sites for hydroxylation is 1. The number of fused-ring (bicyclic) bond motifs is 1. The van der Waals surface area contributed by atoms with Crippen molar-refractivity contribution in [3.8, 4) is 0 Å². The molecule has 0 aromatic carbocycles. The Bertz CT molecular complexity index is 1140. The van der Waals surface area contributed by atoms with Gasteiger partial charge in [0.25, 0.3) is 0 Å². The van der Waals surface area contributed by atoms with Gasteiger partial charge in [0.15, 0.2) is 0 Å². The van der Waals surface area contributed by atoms with E-state index < -0.39 is 8.07 Å². The van der Waals surface area contributed by atoms with Crippen molar-refractivity contribution in [2.45, 2.75) is 83.5 Å². The molecular weight excluding hydrogens is 456 g/mol. The quantitative estimate of drug-likeness (QED) is 0.261. The molecule has 1 aliphatic heterocycles. The molecular formula is C25H40N8OSi. The normalized spacial score (nSPS) is 18.8. The third kappa shape index (κ3) is 6.04. The first kappa shape index (κ1) is 24.3. The molecule has 0 spiro atoms. The van der Waals surface area contributed by atoms with E-state index in [2.05, 4.69) is 58.4 Å². The Balaban J connectivity index is 1.48. The summed E-state index contributed by atoms with van der Waals surface area (Å²) in [6, 6.07) is 1.52. The topological polar surface area (TPSA) is 93.9 Å². The molecule has 0 radical (unpaired) electrons. The number of nitrogens with one attached hydrogen (secondary N) is 3. The van der Waals surface area contributed by atoms with Crippen molar-refractivity contribution in [1.29, 1.82) is 0 Å². The van der Waals surface area contributed by atoms with Crippen molar-refractivity contribution < 1.29 is 4.74 Å². The first-order chi connectivity index (χ1) is 16.9. The van der Waals surface area contributed by atoms with E-state index in [0.717, 1.165) is 61.2 Å². The molecule has 10 heteroatoms. The van der Waals surface area contributed by atoms with E-state index in [0.29, 0.717) is 24.6 Å². The van der Waals surface area contributed by atoms with Crippen LogP contribution in [0, 0.1) is 0 Å². The highest BCUT2D eigenvalue weighted by molar-refractivity contribution is 6.76. The number of rotatable bonds is 11. The Hall–Kier alpha value is -2.43. The number of hydrogen-bond acceptors (Lipinski definition) is 7. The van der Waals surface area contributed by atoms with Gasteiger partial charge in [-0.15, -0.1) is 0 Å². The summed E-state index contributed by atoms with van der Waals surface area (Å²) in [5.41, 5.74) is 3.18. The van der Waals surface area contributed by atoms with Gasteiger partial charge in [-0.25, -0.2) is 0 Å². The molecule has 2 fully saturated rings. The molecule has 5 rings (SSSR count). The molecule has 1 saturated heterocycles. The third-order valence-electron chi connectivity index (χ3n) is 6.84. The summed E-state index contributed by atoms with van der Waals surface area (Å²) in [6.07, 6.45) is 10.9. The lowest BCUT2D eigenvalue weighted by Crippen LogP contribution is -2.38. The summed E-state index contributed by atoms with van der Waals surface area (Å²) in [5.74, 6) is 2.11. The van der Waals surface area contributed by atoms with Crippen LogP contribution in [0.2, 0.25) is 25.7 Å². The number of hydrogen-bond donors (Lipinski definition) is 3. The summed E-state index contributed by atoms with van der Waals surface area (Å²) in [4.78, 5) is 9.99. The van der Waals surface area contributed by atoms with Gasteiger partial charge >= 0.3 is 0 Å². The number of aromatic nitrogens is 5. The fourth-order valence-corrected chi connectivity index (χ4v) is 5.38. The van der Waals surface area contributed by atoms with Gasteiger partial charge in [-0.1, -0.05) is 19.6 Å². The zero-order valence-corrected chi connectivity index (χ0v) is 22.6. The van der Waals surface area contributed by atoms with Crippen molar-refractivity contribution in [3.63, 3.8) is 0 Å². The highest BCUT2D eigenvalue weighted by Gasteiger charge is 2.30. The minimum absolute atomic E-state index is 0.362. The SMILES string of the molecule is CCn1cc(Nc2nc(N[C@@H]3CCCNC3)c3c(C4CC4)cn(COCC[Si](C)(C)C)c3n2)cn1. The van der Waals surface area contributed by atoms with Crippen molar-refractivity contribution in [2.75, 3.05) is 30.3 Å². The van der Waals surface area contributed by atoms with E-state index in [9.17, 15) is 0 Å². The van der Waals surface area contributed by atoms with Gasteiger partial charge in [-0.3, -0.25) is 4.68 Å². The molecule has 190 valence electrons. The van der Waals surface area contributed by atoms with Crippen LogP contribution in [0.3, 0.4) is 0 Å². The highest BCUT2D eigenvalue weighted by Crippen LogP contribution is 2.45. The van der Waals surface area contributed by atoms with Crippen molar-refractivity contribution in [2.24, 2.45) is 0 Å². The van der Waals surface area contributed by atoms with Crippen LogP contribution in [-0.2, 0) is 18.0 Å². The molecule has 3 aromatic rings. The molecule has 2 aliphatic rings. The van der Waals surface area contributed by atoms with Crippen LogP contribution in [0.5, 0.6) is 0 Å². The molecule has 3 N–H and O–H groups in total. The van der Waals surface area contributed by atoms with E-state index in [-0.39, 0.29) is 0 Å². The smallest absolute Gasteiger partial charge is 0.231 e. The standard InChI is InChI=1S/C25H40N8OSi/c1-5-33-15-20(14-27-33)29-25-30-23(28-19-7-6-10-26-13-19)22-21(18-8-9-18)16-32(24(22)31-25)17-34-11-12-35(2,3)4/h14-16,18-19,26H,5-13,17H2,1-4H3,(H2,28,29,30,31)/t19-/m1/s1. The van der Waals surface area contributed by atoms with Crippen LogP contribution in [-0.4, -0.2) is 58.1 Å². The summed E-state index contributed by atoms with van der Waals surface area (Å²) < 4.78 is 10.2. The first-order valence-electron chi connectivity index (χ1n) is 13.1. The average Bonchev–Trinajstić information content (AvgIpc) is 3.46. The molecule has 4 heterocycles. The average molecular weight is 497 g/mol. The zero-order chi connectivity index (χ0) is 24.4. The van der Waals surface area contributed by atoms with Crippen LogP contribution < -0.4 is 16.0 Å². The number of anilines is 3. The molecule has 0 unspecified atom stereocenters. The van der Waals surface area contributed by atoms with Gasteiger partial charge in [-0.2, -0.15) is 15.1 Å². The predicted molar refractivity (Wildman–Crippen MR) is 144 cm³/mol. The van der Waals surface area contributed by atoms with Crippen LogP contribution in [0.4, 0.5) is 17.5 Å².